The summed E-state index contributed by atoms with van der Waals surface area (Å²) in [6, 6.07) is 19.6. The van der Waals surface area contributed by atoms with Crippen molar-refractivity contribution in [3.8, 4) is 5.75 Å². The van der Waals surface area contributed by atoms with E-state index in [4.69, 9.17) is 4.74 Å². The van der Waals surface area contributed by atoms with Crippen LogP contribution in [0, 0.1) is 0 Å². The number of hydrazine groups is 1. The fraction of sp³-hybridized carbons (Fsp3) is 0.158. The van der Waals surface area contributed by atoms with Crippen molar-refractivity contribution in [2.75, 3.05) is 19.1 Å². The van der Waals surface area contributed by atoms with Gasteiger partial charge in [0, 0.05) is 15.3 Å². The second-order valence-electron chi connectivity index (χ2n) is 5.76. The van der Waals surface area contributed by atoms with Gasteiger partial charge < -0.3 is 9.84 Å². The second-order valence-corrected chi connectivity index (χ2v) is 5.76. The van der Waals surface area contributed by atoms with Crippen molar-refractivity contribution in [2.45, 2.75) is 6.10 Å². The molecule has 1 heterocycles. The van der Waals surface area contributed by atoms with Crippen LogP contribution < -0.4 is 10.2 Å². The lowest BCUT2D eigenvalue weighted by Crippen LogP contribution is -2.25. The number of aliphatic hydroxyl groups is 1. The minimum atomic E-state index is -0.656. The van der Waals surface area contributed by atoms with Gasteiger partial charge in [0.05, 0.1) is 7.11 Å². The molecule has 0 saturated carbocycles. The fourth-order valence-corrected chi connectivity index (χ4v) is 2.97. The number of aliphatic hydroxyl groups excluding tert-OH is 1. The number of methoxy groups -OCH3 is 1. The highest BCUT2D eigenvalue weighted by Crippen LogP contribution is 2.35. The molecule has 120 valence electrons. The lowest BCUT2D eigenvalue weighted by molar-refractivity contribution is -0.570. The molecule has 3 aromatic carbocycles. The summed E-state index contributed by atoms with van der Waals surface area (Å²) in [7, 11) is 1.63. The minimum Gasteiger partial charge on any atom is -0.497 e. The van der Waals surface area contributed by atoms with Crippen LogP contribution in [-0.2, 0) is 0 Å². The zero-order valence-corrected chi connectivity index (χ0v) is 13.3. The quantitative estimate of drug-likeness (QED) is 0.714. The van der Waals surface area contributed by atoms with Crippen LogP contribution in [0.25, 0.3) is 10.8 Å². The van der Waals surface area contributed by atoms with E-state index in [0.717, 1.165) is 33.5 Å². The molecule has 2 N–H and O–H groups in total. The van der Waals surface area contributed by atoms with Crippen LogP contribution in [0.2, 0.25) is 0 Å². The highest BCUT2D eigenvalue weighted by molar-refractivity contribution is 6.01. The summed E-state index contributed by atoms with van der Waals surface area (Å²) in [5, 5.41) is 17.4. The van der Waals surface area contributed by atoms with Crippen molar-refractivity contribution >= 4 is 22.1 Å². The number of benzene rings is 3. The summed E-state index contributed by atoms with van der Waals surface area (Å²) < 4.78 is 5.15. The molecular weight excluding hydrogens is 302 g/mol. The molecule has 0 aromatic heterocycles. The van der Waals surface area contributed by atoms with Crippen LogP contribution in [-0.4, -0.2) is 23.6 Å². The van der Waals surface area contributed by atoms with Crippen molar-refractivity contribution in [1.82, 2.24) is 0 Å². The van der Waals surface area contributed by atoms with Gasteiger partial charge in [-0.15, -0.1) is 5.43 Å². The summed E-state index contributed by atoms with van der Waals surface area (Å²) in [5.41, 5.74) is 6.00. The molecule has 1 aliphatic heterocycles. The summed E-state index contributed by atoms with van der Waals surface area (Å²) in [6.07, 6.45) is -0.656. The predicted molar refractivity (Wildman–Crippen MR) is 92.7 cm³/mol. The third kappa shape index (κ3) is 2.59. The van der Waals surface area contributed by atoms with Gasteiger partial charge in [0.15, 0.2) is 0 Å². The maximum Gasteiger partial charge on any atom is 0.230 e. The van der Waals surface area contributed by atoms with E-state index in [-0.39, 0.29) is 0 Å². The van der Waals surface area contributed by atoms with Gasteiger partial charge in [0.25, 0.3) is 0 Å². The van der Waals surface area contributed by atoms with E-state index in [2.05, 4.69) is 22.7 Å². The molecule has 0 bridgehead atoms. The molecule has 1 unspecified atom stereocenters. The van der Waals surface area contributed by atoms with Gasteiger partial charge in [-0.3, -0.25) is 0 Å². The molecule has 24 heavy (non-hydrogen) atoms. The summed E-state index contributed by atoms with van der Waals surface area (Å²) in [5.74, 6) is 0.771. The van der Waals surface area contributed by atoms with Gasteiger partial charge in [0.1, 0.15) is 23.2 Å². The number of rotatable bonds is 4. The Hall–Kier alpha value is -2.92. The van der Waals surface area contributed by atoms with Gasteiger partial charge in [0.2, 0.25) is 6.54 Å². The molecule has 0 amide bonds. The van der Waals surface area contributed by atoms with Crippen LogP contribution in [0.1, 0.15) is 11.7 Å². The lowest BCUT2D eigenvalue weighted by Gasteiger charge is -2.15. The van der Waals surface area contributed by atoms with E-state index in [1.165, 1.54) is 0 Å². The number of hydrogen-bond acceptors (Lipinski definition) is 4. The maximum absolute atomic E-state index is 10.5. The molecule has 1 aliphatic rings. The molecule has 5 heteroatoms. The third-order valence-electron chi connectivity index (χ3n) is 4.21. The van der Waals surface area contributed by atoms with E-state index >= 15 is 0 Å². The van der Waals surface area contributed by atoms with Gasteiger partial charge in [-0.2, -0.15) is 0 Å². The Kier molecular flexibility index (Phi) is 3.63. The summed E-state index contributed by atoms with van der Waals surface area (Å²) in [6.45, 7) is 0.344. The zero-order valence-electron chi connectivity index (χ0n) is 13.3. The number of nitrogens with zero attached hydrogens (tertiary/aromatic N) is 2. The first-order valence-corrected chi connectivity index (χ1v) is 7.84. The standard InChI is InChI=1S/C19H18N3O2/c1-24-15-10-8-13(9-11-15)18(23)12-22-20-16-6-2-4-14-5-3-7-17(21-22)19(14)16/h2-11,18,23H,12H2,1H3,(H,20,21)/q+1. The van der Waals surface area contributed by atoms with Gasteiger partial charge in [-0.25, -0.2) is 0 Å². The molecule has 0 aliphatic carbocycles. The van der Waals surface area contributed by atoms with Crippen LogP contribution in [0.5, 0.6) is 5.75 Å². The smallest absolute Gasteiger partial charge is 0.230 e. The van der Waals surface area contributed by atoms with E-state index in [0.29, 0.717) is 6.54 Å². The summed E-state index contributed by atoms with van der Waals surface area (Å²) >= 11 is 0. The number of hydrogen-bond donors (Lipinski definition) is 2. The first-order chi connectivity index (χ1) is 11.7. The maximum atomic E-state index is 10.5. The lowest BCUT2D eigenvalue weighted by atomic mass is 10.1. The average molecular weight is 320 g/mol. The van der Waals surface area contributed by atoms with Crippen molar-refractivity contribution in [2.24, 2.45) is 5.11 Å². The number of nitrogens with one attached hydrogen (secondary N) is 1. The number of β-amino-alcohol motifs (C(OH)–C–C–N with tert-alkyl or cyclic N) is 1. The first-order valence-electron chi connectivity index (χ1n) is 7.84. The van der Waals surface area contributed by atoms with E-state index < -0.39 is 6.10 Å². The number of anilines is 1. The highest BCUT2D eigenvalue weighted by Gasteiger charge is 2.23. The van der Waals surface area contributed by atoms with Crippen molar-refractivity contribution in [1.29, 1.82) is 0 Å². The predicted octanol–water partition coefficient (Wildman–Crippen LogP) is 4.02. The molecular formula is C19H18N3O2+. The Labute approximate surface area is 139 Å². The van der Waals surface area contributed by atoms with Crippen molar-refractivity contribution in [3.63, 3.8) is 0 Å². The molecule has 4 rings (SSSR count). The van der Waals surface area contributed by atoms with Crippen LogP contribution in [0.15, 0.2) is 65.8 Å². The fourth-order valence-electron chi connectivity index (χ4n) is 2.97. The SMILES string of the molecule is COc1ccc(C(O)C[N+]2=Nc3cccc4cccc(c34)N2)cc1. The van der Waals surface area contributed by atoms with E-state index in [9.17, 15) is 5.11 Å². The van der Waals surface area contributed by atoms with Crippen molar-refractivity contribution < 1.29 is 14.6 Å². The van der Waals surface area contributed by atoms with E-state index in [1.807, 2.05) is 48.5 Å². The Morgan fingerprint density at radius 1 is 1.08 bits per heavy atom. The molecule has 0 radical (unpaired) electrons. The van der Waals surface area contributed by atoms with Crippen LogP contribution in [0.3, 0.4) is 0 Å². The molecule has 5 nitrogen and oxygen atoms in total. The number of azo groups is 1. The average Bonchev–Trinajstić information content (AvgIpc) is 2.62. The van der Waals surface area contributed by atoms with E-state index in [1.54, 1.807) is 11.9 Å². The Bertz CT molecular complexity index is 914. The molecule has 0 saturated heterocycles. The zero-order chi connectivity index (χ0) is 16.5. The Morgan fingerprint density at radius 2 is 1.83 bits per heavy atom. The topological polar surface area (TPSA) is 56.9 Å². The largest absolute Gasteiger partial charge is 0.497 e. The third-order valence-corrected chi connectivity index (χ3v) is 4.21. The van der Waals surface area contributed by atoms with Crippen molar-refractivity contribution in [3.05, 3.63) is 66.2 Å². The monoisotopic (exact) mass is 320 g/mol. The molecule has 1 atom stereocenters. The Balaban J connectivity index is 1.61. The highest BCUT2D eigenvalue weighted by atomic mass is 16.5. The van der Waals surface area contributed by atoms with Gasteiger partial charge in [-0.05, 0) is 35.2 Å². The Morgan fingerprint density at radius 3 is 2.58 bits per heavy atom. The molecule has 0 fully saturated rings. The number of ether oxygens (including phenoxy) is 1. The van der Waals surface area contributed by atoms with Crippen LogP contribution in [0.4, 0.5) is 11.4 Å². The molecule has 3 aromatic rings. The van der Waals surface area contributed by atoms with Crippen LogP contribution >= 0.6 is 0 Å². The minimum absolute atomic E-state index is 0.344. The first kappa shape index (κ1) is 14.7. The van der Waals surface area contributed by atoms with Gasteiger partial charge >= 0.3 is 0 Å². The van der Waals surface area contributed by atoms with Gasteiger partial charge in [-0.1, -0.05) is 36.4 Å². The second kappa shape index (κ2) is 5.94. The normalized spacial score (nSPS) is 14.0. The summed E-state index contributed by atoms with van der Waals surface area (Å²) in [4.78, 5) is 1.69. The molecule has 0 spiro atoms.